The molecule has 0 aliphatic heterocycles. The van der Waals surface area contributed by atoms with Crippen molar-refractivity contribution >= 4 is 17.5 Å². The van der Waals surface area contributed by atoms with Crippen LogP contribution in [0.2, 0.25) is 0 Å². The number of halogens is 1. The molecule has 0 saturated heterocycles. The van der Waals surface area contributed by atoms with E-state index in [0.717, 1.165) is 19.3 Å². The molecule has 2 nitrogen and oxygen atoms in total. The molecule has 74 valence electrons. The van der Waals surface area contributed by atoms with Crippen LogP contribution in [0.3, 0.4) is 0 Å². The number of allylic oxidation sites excluding steroid dienone is 1. The van der Waals surface area contributed by atoms with Crippen LogP contribution in [0.5, 0.6) is 0 Å². The van der Waals surface area contributed by atoms with E-state index in [9.17, 15) is 4.79 Å². The van der Waals surface area contributed by atoms with Crippen molar-refractivity contribution in [1.29, 1.82) is 0 Å². The second-order valence-corrected chi connectivity index (χ2v) is 4.14. The molecule has 1 aliphatic carbocycles. The van der Waals surface area contributed by atoms with Gasteiger partial charge in [0, 0.05) is 17.8 Å². The third kappa shape index (κ3) is 3.39. The average Bonchev–Trinajstić information content (AvgIpc) is 2.04. The van der Waals surface area contributed by atoms with Gasteiger partial charge in [-0.25, -0.2) is 0 Å². The Morgan fingerprint density at radius 2 is 2.38 bits per heavy atom. The lowest BCUT2D eigenvalue weighted by Crippen LogP contribution is -2.46. The monoisotopic (exact) mass is 201 g/mol. The highest BCUT2D eigenvalue weighted by Crippen LogP contribution is 2.22. The average molecular weight is 202 g/mol. The lowest BCUT2D eigenvalue weighted by Gasteiger charge is -2.31. The fraction of sp³-hybridized carbons (Fsp3) is 0.700. The first-order chi connectivity index (χ1) is 6.16. The maximum Gasteiger partial charge on any atom is 0.221 e. The minimum Gasteiger partial charge on any atom is -0.351 e. The molecular weight excluding hydrogens is 186 g/mol. The van der Waals surface area contributed by atoms with Gasteiger partial charge in [0.05, 0.1) is 0 Å². The lowest BCUT2D eigenvalue weighted by molar-refractivity contribution is -0.122. The number of carbonyl (C=O) groups is 1. The normalized spacial score (nSPS) is 27.2. The number of carbonyl (C=O) groups excluding carboxylic acids is 1. The number of hydrogen-bond donors (Lipinski definition) is 1. The number of hydrogen-bond acceptors (Lipinski definition) is 1. The summed E-state index contributed by atoms with van der Waals surface area (Å²) >= 11 is 5.48. The number of rotatable bonds is 3. The standard InChI is InChI=1S/C10H16ClNO/c1-10(6-3-2-4-7-10)12-9(13)5-8-11/h2-3H,4-8H2,1H3,(H,12,13). The van der Waals surface area contributed by atoms with E-state index >= 15 is 0 Å². The molecule has 0 aromatic carbocycles. The smallest absolute Gasteiger partial charge is 0.221 e. The Morgan fingerprint density at radius 1 is 1.62 bits per heavy atom. The molecule has 0 aromatic heterocycles. The van der Waals surface area contributed by atoms with Crippen LogP contribution in [-0.2, 0) is 4.79 Å². The van der Waals surface area contributed by atoms with Gasteiger partial charge in [-0.1, -0.05) is 12.2 Å². The largest absolute Gasteiger partial charge is 0.351 e. The highest BCUT2D eigenvalue weighted by atomic mass is 35.5. The van der Waals surface area contributed by atoms with Crippen LogP contribution in [0.1, 0.15) is 32.6 Å². The molecule has 3 heteroatoms. The summed E-state index contributed by atoms with van der Waals surface area (Å²) in [4.78, 5) is 11.3. The third-order valence-electron chi connectivity index (χ3n) is 2.36. The molecule has 1 rings (SSSR count). The second kappa shape index (κ2) is 4.66. The summed E-state index contributed by atoms with van der Waals surface area (Å²) in [7, 11) is 0. The topological polar surface area (TPSA) is 29.1 Å². The van der Waals surface area contributed by atoms with Crippen molar-refractivity contribution in [2.45, 2.75) is 38.1 Å². The maximum atomic E-state index is 11.3. The summed E-state index contributed by atoms with van der Waals surface area (Å²) in [6.07, 6.45) is 7.72. The maximum absolute atomic E-state index is 11.3. The summed E-state index contributed by atoms with van der Waals surface area (Å²) in [5, 5.41) is 3.02. The van der Waals surface area contributed by atoms with Crippen LogP contribution in [0, 0.1) is 0 Å². The Hall–Kier alpha value is -0.500. The predicted octanol–water partition coefficient (Wildman–Crippen LogP) is 2.23. The van der Waals surface area contributed by atoms with Gasteiger partial charge in [0.1, 0.15) is 0 Å². The van der Waals surface area contributed by atoms with Gasteiger partial charge in [-0.3, -0.25) is 4.79 Å². The minimum absolute atomic E-state index is 0.0438. The Bertz CT molecular complexity index is 215. The fourth-order valence-corrected chi connectivity index (χ4v) is 1.74. The molecule has 0 heterocycles. The summed E-state index contributed by atoms with van der Waals surface area (Å²) in [6, 6.07) is 0. The van der Waals surface area contributed by atoms with Crippen molar-refractivity contribution in [2.24, 2.45) is 0 Å². The Labute approximate surface area is 84.3 Å². The van der Waals surface area contributed by atoms with Gasteiger partial charge >= 0.3 is 0 Å². The molecule has 1 atom stereocenters. The van der Waals surface area contributed by atoms with Gasteiger partial charge in [0.2, 0.25) is 5.91 Å². The highest BCUT2D eigenvalue weighted by Gasteiger charge is 2.25. The van der Waals surface area contributed by atoms with Crippen molar-refractivity contribution in [3.05, 3.63) is 12.2 Å². The summed E-state index contributed by atoms with van der Waals surface area (Å²) < 4.78 is 0. The third-order valence-corrected chi connectivity index (χ3v) is 2.55. The van der Waals surface area contributed by atoms with Crippen LogP contribution in [-0.4, -0.2) is 17.3 Å². The zero-order chi connectivity index (χ0) is 9.73. The summed E-state index contributed by atoms with van der Waals surface area (Å²) in [5.74, 6) is 0.463. The van der Waals surface area contributed by atoms with E-state index in [1.807, 2.05) is 0 Å². The van der Waals surface area contributed by atoms with E-state index in [1.54, 1.807) is 0 Å². The van der Waals surface area contributed by atoms with E-state index in [2.05, 4.69) is 24.4 Å². The van der Waals surface area contributed by atoms with E-state index in [-0.39, 0.29) is 11.4 Å². The SMILES string of the molecule is CC1(NC(=O)CCCl)CC=CCC1. The minimum atomic E-state index is -0.0438. The first kappa shape index (κ1) is 10.6. The van der Waals surface area contributed by atoms with E-state index in [0.29, 0.717) is 12.3 Å². The first-order valence-corrected chi connectivity index (χ1v) is 5.22. The Kier molecular flexibility index (Phi) is 3.79. The van der Waals surface area contributed by atoms with E-state index < -0.39 is 0 Å². The molecule has 1 amide bonds. The molecule has 0 aromatic rings. The van der Waals surface area contributed by atoms with Crippen LogP contribution in [0.25, 0.3) is 0 Å². The van der Waals surface area contributed by atoms with Crippen LogP contribution in [0.15, 0.2) is 12.2 Å². The zero-order valence-electron chi connectivity index (χ0n) is 7.98. The lowest BCUT2D eigenvalue weighted by atomic mass is 9.87. The van der Waals surface area contributed by atoms with Gasteiger partial charge in [0.25, 0.3) is 0 Å². The van der Waals surface area contributed by atoms with Gasteiger partial charge in [-0.15, -0.1) is 11.6 Å². The van der Waals surface area contributed by atoms with Crippen LogP contribution < -0.4 is 5.32 Å². The molecular formula is C10H16ClNO. The van der Waals surface area contributed by atoms with Crippen molar-refractivity contribution < 1.29 is 4.79 Å². The zero-order valence-corrected chi connectivity index (χ0v) is 8.73. The molecule has 0 fully saturated rings. The van der Waals surface area contributed by atoms with Gasteiger partial charge < -0.3 is 5.32 Å². The molecule has 1 N–H and O–H groups in total. The molecule has 0 saturated carbocycles. The Morgan fingerprint density at radius 3 is 2.92 bits per heavy atom. The molecule has 0 radical (unpaired) electrons. The van der Waals surface area contributed by atoms with Crippen LogP contribution in [0.4, 0.5) is 0 Å². The van der Waals surface area contributed by atoms with Crippen LogP contribution >= 0.6 is 11.6 Å². The summed E-state index contributed by atoms with van der Waals surface area (Å²) in [6.45, 7) is 2.09. The molecule has 13 heavy (non-hydrogen) atoms. The second-order valence-electron chi connectivity index (χ2n) is 3.76. The molecule has 0 bridgehead atoms. The van der Waals surface area contributed by atoms with Crippen molar-refractivity contribution in [2.75, 3.05) is 5.88 Å². The van der Waals surface area contributed by atoms with E-state index in [4.69, 9.17) is 11.6 Å². The molecule has 1 aliphatic rings. The quantitative estimate of drug-likeness (QED) is 0.551. The number of alkyl halides is 1. The van der Waals surface area contributed by atoms with Crippen molar-refractivity contribution in [1.82, 2.24) is 5.32 Å². The van der Waals surface area contributed by atoms with Crippen molar-refractivity contribution in [3.8, 4) is 0 Å². The fourth-order valence-electron chi connectivity index (χ4n) is 1.56. The van der Waals surface area contributed by atoms with Gasteiger partial charge in [0.15, 0.2) is 0 Å². The van der Waals surface area contributed by atoms with Crippen molar-refractivity contribution in [3.63, 3.8) is 0 Å². The summed E-state index contributed by atoms with van der Waals surface area (Å²) in [5.41, 5.74) is -0.0438. The van der Waals surface area contributed by atoms with E-state index in [1.165, 1.54) is 0 Å². The highest BCUT2D eigenvalue weighted by molar-refractivity contribution is 6.18. The molecule has 1 unspecified atom stereocenters. The number of nitrogens with one attached hydrogen (secondary N) is 1. The first-order valence-electron chi connectivity index (χ1n) is 4.68. The number of amides is 1. The Balaban J connectivity index is 2.41. The predicted molar refractivity (Wildman–Crippen MR) is 54.9 cm³/mol. The van der Waals surface area contributed by atoms with Gasteiger partial charge in [-0.2, -0.15) is 0 Å². The van der Waals surface area contributed by atoms with Gasteiger partial charge in [-0.05, 0) is 26.2 Å². The molecule has 0 spiro atoms.